The van der Waals surface area contributed by atoms with Crippen molar-refractivity contribution in [2.24, 2.45) is 0 Å². The summed E-state index contributed by atoms with van der Waals surface area (Å²) in [6.45, 7) is 3.29. The Labute approximate surface area is 87.8 Å². The van der Waals surface area contributed by atoms with Gasteiger partial charge in [0.25, 0.3) is 0 Å². The SMILES string of the molecule is C/C=C/CCNCc1cc(C(=O)O)no1. The summed E-state index contributed by atoms with van der Waals surface area (Å²) in [5.41, 5.74) is -0.0553. The van der Waals surface area contributed by atoms with Gasteiger partial charge in [-0.3, -0.25) is 0 Å². The molecule has 0 saturated carbocycles. The fourth-order valence-corrected chi connectivity index (χ4v) is 1.06. The van der Waals surface area contributed by atoms with Crippen LogP contribution in [0.2, 0.25) is 0 Å². The monoisotopic (exact) mass is 210 g/mol. The van der Waals surface area contributed by atoms with E-state index in [4.69, 9.17) is 9.63 Å². The fourth-order valence-electron chi connectivity index (χ4n) is 1.06. The van der Waals surface area contributed by atoms with Crippen LogP contribution in [-0.4, -0.2) is 22.8 Å². The Morgan fingerprint density at radius 2 is 2.53 bits per heavy atom. The minimum absolute atomic E-state index is 0.0553. The van der Waals surface area contributed by atoms with E-state index in [1.165, 1.54) is 6.07 Å². The lowest BCUT2D eigenvalue weighted by Crippen LogP contribution is -2.13. The number of carboxylic acids is 1. The van der Waals surface area contributed by atoms with Crippen molar-refractivity contribution in [3.05, 3.63) is 29.7 Å². The molecular weight excluding hydrogens is 196 g/mol. The highest BCUT2D eigenvalue weighted by Gasteiger charge is 2.09. The summed E-state index contributed by atoms with van der Waals surface area (Å²) in [6, 6.07) is 1.42. The lowest BCUT2D eigenvalue weighted by Gasteiger charge is -1.97. The number of hydrogen-bond donors (Lipinski definition) is 2. The van der Waals surface area contributed by atoms with Gasteiger partial charge in [0.1, 0.15) is 0 Å². The summed E-state index contributed by atoms with van der Waals surface area (Å²) in [4.78, 5) is 10.5. The van der Waals surface area contributed by atoms with Crippen LogP contribution in [0, 0.1) is 0 Å². The van der Waals surface area contributed by atoms with Crippen LogP contribution in [0.5, 0.6) is 0 Å². The number of aromatic carboxylic acids is 1. The molecule has 0 saturated heterocycles. The average molecular weight is 210 g/mol. The summed E-state index contributed by atoms with van der Waals surface area (Å²) >= 11 is 0. The fraction of sp³-hybridized carbons (Fsp3) is 0.400. The molecule has 0 atom stereocenters. The zero-order valence-electron chi connectivity index (χ0n) is 8.56. The zero-order chi connectivity index (χ0) is 11.1. The summed E-state index contributed by atoms with van der Waals surface area (Å²) in [6.07, 6.45) is 4.98. The molecule has 0 amide bonds. The van der Waals surface area contributed by atoms with Gasteiger partial charge in [0.05, 0.1) is 6.54 Å². The Morgan fingerprint density at radius 3 is 3.13 bits per heavy atom. The molecule has 82 valence electrons. The van der Waals surface area contributed by atoms with Crippen LogP contribution in [0.15, 0.2) is 22.7 Å². The van der Waals surface area contributed by atoms with Crippen molar-refractivity contribution in [1.29, 1.82) is 0 Å². The molecule has 1 rings (SSSR count). The summed E-state index contributed by atoms with van der Waals surface area (Å²) in [5.74, 6) is -0.535. The first kappa shape index (κ1) is 11.5. The largest absolute Gasteiger partial charge is 0.476 e. The second-order valence-electron chi connectivity index (χ2n) is 3.02. The summed E-state index contributed by atoms with van der Waals surface area (Å²) in [7, 11) is 0. The van der Waals surface area contributed by atoms with Crippen molar-refractivity contribution >= 4 is 5.97 Å². The highest BCUT2D eigenvalue weighted by molar-refractivity contribution is 5.85. The Morgan fingerprint density at radius 1 is 1.73 bits per heavy atom. The van der Waals surface area contributed by atoms with Gasteiger partial charge in [0.2, 0.25) is 0 Å². The third-order valence-corrected chi connectivity index (χ3v) is 1.80. The number of aromatic nitrogens is 1. The Kier molecular flexibility index (Phi) is 4.56. The van der Waals surface area contributed by atoms with Gasteiger partial charge in [-0.25, -0.2) is 4.79 Å². The first-order valence-electron chi connectivity index (χ1n) is 4.74. The number of rotatable bonds is 6. The molecule has 1 aromatic rings. The molecule has 0 spiro atoms. The standard InChI is InChI=1S/C10H14N2O3/c1-2-3-4-5-11-7-8-6-9(10(13)14)12-15-8/h2-3,6,11H,4-5,7H2,1H3,(H,13,14)/b3-2+. The highest BCUT2D eigenvalue weighted by atomic mass is 16.5. The second-order valence-corrected chi connectivity index (χ2v) is 3.02. The minimum atomic E-state index is -1.07. The third kappa shape index (κ3) is 3.95. The smallest absolute Gasteiger partial charge is 0.358 e. The molecule has 0 radical (unpaired) electrons. The van der Waals surface area contributed by atoms with Crippen molar-refractivity contribution in [1.82, 2.24) is 10.5 Å². The maximum atomic E-state index is 10.5. The van der Waals surface area contributed by atoms with Crippen LogP contribution in [0.3, 0.4) is 0 Å². The summed E-state index contributed by atoms with van der Waals surface area (Å²) < 4.78 is 4.82. The number of allylic oxidation sites excluding steroid dienone is 1. The van der Waals surface area contributed by atoms with Gasteiger partial charge in [-0.15, -0.1) is 0 Å². The van der Waals surface area contributed by atoms with E-state index in [1.807, 2.05) is 13.0 Å². The average Bonchev–Trinajstić information content (AvgIpc) is 2.66. The van der Waals surface area contributed by atoms with Crippen LogP contribution in [0.25, 0.3) is 0 Å². The lowest BCUT2D eigenvalue weighted by atomic mass is 10.3. The number of carboxylic acid groups (broad SMARTS) is 1. The Balaban J connectivity index is 2.28. The Bertz CT molecular complexity index is 344. The van der Waals surface area contributed by atoms with E-state index in [0.29, 0.717) is 12.3 Å². The number of nitrogens with zero attached hydrogens (tertiary/aromatic N) is 1. The van der Waals surface area contributed by atoms with E-state index in [9.17, 15) is 4.79 Å². The molecule has 0 aromatic carbocycles. The number of carbonyl (C=O) groups is 1. The molecule has 5 heteroatoms. The molecule has 0 bridgehead atoms. The van der Waals surface area contributed by atoms with E-state index >= 15 is 0 Å². The van der Waals surface area contributed by atoms with Crippen molar-refractivity contribution in [2.45, 2.75) is 19.9 Å². The maximum Gasteiger partial charge on any atom is 0.358 e. The first-order valence-corrected chi connectivity index (χ1v) is 4.74. The van der Waals surface area contributed by atoms with E-state index in [0.717, 1.165) is 13.0 Å². The first-order chi connectivity index (χ1) is 7.24. The minimum Gasteiger partial charge on any atom is -0.476 e. The zero-order valence-corrected chi connectivity index (χ0v) is 8.56. The van der Waals surface area contributed by atoms with Crippen molar-refractivity contribution in [3.63, 3.8) is 0 Å². The van der Waals surface area contributed by atoms with Gasteiger partial charge in [0.15, 0.2) is 11.5 Å². The molecule has 0 fully saturated rings. The topological polar surface area (TPSA) is 75.4 Å². The van der Waals surface area contributed by atoms with Gasteiger partial charge >= 0.3 is 5.97 Å². The lowest BCUT2D eigenvalue weighted by molar-refractivity contribution is 0.0685. The quantitative estimate of drug-likeness (QED) is 0.548. The third-order valence-electron chi connectivity index (χ3n) is 1.80. The van der Waals surface area contributed by atoms with Crippen molar-refractivity contribution in [3.8, 4) is 0 Å². The van der Waals surface area contributed by atoms with Gasteiger partial charge in [-0.2, -0.15) is 0 Å². The van der Waals surface area contributed by atoms with E-state index in [-0.39, 0.29) is 5.69 Å². The van der Waals surface area contributed by atoms with Gasteiger partial charge in [-0.05, 0) is 19.9 Å². The van der Waals surface area contributed by atoms with Crippen LogP contribution >= 0.6 is 0 Å². The molecule has 0 aliphatic carbocycles. The molecule has 15 heavy (non-hydrogen) atoms. The molecule has 2 N–H and O–H groups in total. The van der Waals surface area contributed by atoms with E-state index in [1.54, 1.807) is 0 Å². The number of hydrogen-bond acceptors (Lipinski definition) is 4. The molecule has 1 heterocycles. The van der Waals surface area contributed by atoms with Gasteiger partial charge < -0.3 is 14.9 Å². The molecular formula is C10H14N2O3. The maximum absolute atomic E-state index is 10.5. The molecule has 0 unspecified atom stereocenters. The molecule has 1 aromatic heterocycles. The van der Waals surface area contributed by atoms with Crippen LogP contribution in [0.4, 0.5) is 0 Å². The van der Waals surface area contributed by atoms with Crippen LogP contribution < -0.4 is 5.32 Å². The van der Waals surface area contributed by atoms with Gasteiger partial charge in [0, 0.05) is 6.07 Å². The summed E-state index contributed by atoms with van der Waals surface area (Å²) in [5, 5.41) is 15.1. The molecule has 0 aliphatic heterocycles. The highest BCUT2D eigenvalue weighted by Crippen LogP contribution is 2.02. The molecule has 0 aliphatic rings. The van der Waals surface area contributed by atoms with E-state index < -0.39 is 5.97 Å². The predicted octanol–water partition coefficient (Wildman–Crippen LogP) is 1.43. The second kappa shape index (κ2) is 5.98. The normalized spacial score (nSPS) is 11.0. The predicted molar refractivity (Wildman–Crippen MR) is 54.6 cm³/mol. The Hall–Kier alpha value is -1.62. The van der Waals surface area contributed by atoms with Crippen LogP contribution in [0.1, 0.15) is 29.6 Å². The molecule has 5 nitrogen and oxygen atoms in total. The van der Waals surface area contributed by atoms with Crippen molar-refractivity contribution in [2.75, 3.05) is 6.54 Å². The van der Waals surface area contributed by atoms with Crippen LogP contribution in [-0.2, 0) is 6.54 Å². The van der Waals surface area contributed by atoms with Gasteiger partial charge in [-0.1, -0.05) is 17.3 Å². The number of nitrogens with one attached hydrogen (secondary N) is 1. The van der Waals surface area contributed by atoms with E-state index in [2.05, 4.69) is 16.5 Å². The van der Waals surface area contributed by atoms with Crippen molar-refractivity contribution < 1.29 is 14.4 Å².